The van der Waals surface area contributed by atoms with E-state index in [1.165, 1.54) is 11.3 Å². The van der Waals surface area contributed by atoms with E-state index < -0.39 is 0 Å². The minimum Gasteiger partial charge on any atom is -0.487 e. The van der Waals surface area contributed by atoms with Gasteiger partial charge >= 0.3 is 0 Å². The number of anilines is 1. The first kappa shape index (κ1) is 15.5. The summed E-state index contributed by atoms with van der Waals surface area (Å²) < 4.78 is 16.2. The number of benzene rings is 2. The summed E-state index contributed by atoms with van der Waals surface area (Å²) in [5.74, 6) is 1.79. The van der Waals surface area contributed by atoms with Crippen molar-refractivity contribution in [2.75, 3.05) is 12.1 Å². The normalized spacial score (nSPS) is 12.0. The van der Waals surface area contributed by atoms with Crippen molar-refractivity contribution in [1.29, 1.82) is 0 Å². The number of carbonyl (C=O) groups excluding carboxylic acids is 1. The average molecular weight is 354 g/mol. The molecule has 1 aliphatic rings. The number of amides is 1. The third kappa shape index (κ3) is 3.56. The maximum Gasteiger partial charge on any atom is 0.255 e. The van der Waals surface area contributed by atoms with Gasteiger partial charge in [-0.05, 0) is 36.4 Å². The van der Waals surface area contributed by atoms with E-state index >= 15 is 0 Å². The Morgan fingerprint density at radius 2 is 2.00 bits per heavy atom. The van der Waals surface area contributed by atoms with E-state index in [4.69, 9.17) is 14.2 Å². The highest BCUT2D eigenvalue weighted by Gasteiger charge is 2.14. The summed E-state index contributed by atoms with van der Waals surface area (Å²) in [4.78, 5) is 16.5. The number of nitrogens with one attached hydrogen (secondary N) is 1. The van der Waals surface area contributed by atoms with Gasteiger partial charge in [-0.2, -0.15) is 0 Å². The lowest BCUT2D eigenvalue weighted by molar-refractivity contribution is 0.102. The zero-order chi connectivity index (χ0) is 17.1. The number of hydrogen-bond acceptors (Lipinski definition) is 6. The van der Waals surface area contributed by atoms with Crippen molar-refractivity contribution >= 4 is 22.9 Å². The molecule has 2 heterocycles. The van der Waals surface area contributed by atoms with Crippen molar-refractivity contribution in [2.24, 2.45) is 0 Å². The molecule has 0 atom stereocenters. The second-order valence-corrected chi connectivity index (χ2v) is 6.03. The lowest BCUT2D eigenvalue weighted by Gasteiger charge is -2.08. The summed E-state index contributed by atoms with van der Waals surface area (Å²) in [6, 6.07) is 12.3. The van der Waals surface area contributed by atoms with Gasteiger partial charge in [-0.15, -0.1) is 11.3 Å². The van der Waals surface area contributed by atoms with E-state index in [2.05, 4.69) is 10.3 Å². The molecule has 6 nitrogen and oxygen atoms in total. The molecule has 1 amide bonds. The molecule has 4 rings (SSSR count). The Morgan fingerprint density at radius 1 is 1.16 bits per heavy atom. The number of nitrogens with zero attached hydrogens (tertiary/aromatic N) is 1. The maximum atomic E-state index is 12.3. The maximum absolute atomic E-state index is 12.3. The van der Waals surface area contributed by atoms with Gasteiger partial charge in [0.15, 0.2) is 11.5 Å². The number of ether oxygens (including phenoxy) is 3. The summed E-state index contributed by atoms with van der Waals surface area (Å²) in [5.41, 5.74) is 3.84. The van der Waals surface area contributed by atoms with E-state index in [-0.39, 0.29) is 12.7 Å². The molecule has 1 aliphatic heterocycles. The zero-order valence-corrected chi connectivity index (χ0v) is 13.9. The van der Waals surface area contributed by atoms with Gasteiger partial charge in [0.25, 0.3) is 5.91 Å². The van der Waals surface area contributed by atoms with Gasteiger partial charge in [0.1, 0.15) is 12.4 Å². The number of fused-ring (bicyclic) bond motifs is 1. The monoisotopic (exact) mass is 354 g/mol. The number of carbonyl (C=O) groups is 1. The van der Waals surface area contributed by atoms with Crippen LogP contribution in [0, 0.1) is 0 Å². The molecule has 1 N–H and O–H groups in total. The quantitative estimate of drug-likeness (QED) is 0.756. The number of rotatable bonds is 5. The van der Waals surface area contributed by atoms with Crippen LogP contribution in [-0.2, 0) is 6.61 Å². The fourth-order valence-corrected chi connectivity index (χ4v) is 2.89. The molecule has 0 spiro atoms. The SMILES string of the molecule is O=C(Nc1ccc2c(c1)OCO2)c1ccc(OCc2cscn2)cc1. The number of aromatic nitrogens is 1. The number of thiazole rings is 1. The molecule has 2 aromatic carbocycles. The topological polar surface area (TPSA) is 69.7 Å². The van der Waals surface area contributed by atoms with Crippen LogP contribution in [0.15, 0.2) is 53.4 Å². The van der Waals surface area contributed by atoms with Crippen LogP contribution in [0.3, 0.4) is 0 Å². The van der Waals surface area contributed by atoms with Crippen molar-refractivity contribution in [3.05, 3.63) is 64.6 Å². The molecule has 0 fully saturated rings. The van der Waals surface area contributed by atoms with Crippen molar-refractivity contribution in [3.63, 3.8) is 0 Å². The molecule has 0 aliphatic carbocycles. The predicted octanol–water partition coefficient (Wildman–Crippen LogP) is 3.70. The molecule has 7 heteroatoms. The fraction of sp³-hybridized carbons (Fsp3) is 0.111. The first-order valence-electron chi connectivity index (χ1n) is 7.59. The highest BCUT2D eigenvalue weighted by molar-refractivity contribution is 7.07. The third-order valence-corrected chi connectivity index (χ3v) is 4.25. The highest BCUT2D eigenvalue weighted by Crippen LogP contribution is 2.34. The Balaban J connectivity index is 1.38. The van der Waals surface area contributed by atoms with Crippen LogP contribution in [-0.4, -0.2) is 17.7 Å². The van der Waals surface area contributed by atoms with Crippen LogP contribution in [0.5, 0.6) is 17.2 Å². The van der Waals surface area contributed by atoms with Crippen LogP contribution in [0.4, 0.5) is 5.69 Å². The Hall–Kier alpha value is -3.06. The van der Waals surface area contributed by atoms with E-state index in [0.717, 1.165) is 5.69 Å². The molecular formula is C18H14N2O4S. The van der Waals surface area contributed by atoms with Gasteiger partial charge in [-0.25, -0.2) is 4.98 Å². The first-order chi connectivity index (χ1) is 12.3. The molecule has 0 saturated heterocycles. The van der Waals surface area contributed by atoms with Crippen molar-refractivity contribution in [2.45, 2.75) is 6.61 Å². The molecule has 0 unspecified atom stereocenters. The predicted molar refractivity (Wildman–Crippen MR) is 93.4 cm³/mol. The second kappa shape index (κ2) is 6.82. The third-order valence-electron chi connectivity index (χ3n) is 3.62. The van der Waals surface area contributed by atoms with Gasteiger partial charge in [-0.1, -0.05) is 0 Å². The van der Waals surface area contributed by atoms with Crippen LogP contribution < -0.4 is 19.5 Å². The van der Waals surface area contributed by atoms with Crippen LogP contribution in [0.1, 0.15) is 16.1 Å². The second-order valence-electron chi connectivity index (χ2n) is 5.31. The summed E-state index contributed by atoms with van der Waals surface area (Å²) >= 11 is 1.53. The molecule has 0 saturated carbocycles. The molecule has 0 bridgehead atoms. The van der Waals surface area contributed by atoms with Crippen molar-refractivity contribution < 1.29 is 19.0 Å². The average Bonchev–Trinajstić information content (AvgIpc) is 3.31. The lowest BCUT2D eigenvalue weighted by Crippen LogP contribution is -2.11. The van der Waals surface area contributed by atoms with E-state index in [0.29, 0.717) is 35.1 Å². The summed E-state index contributed by atoms with van der Waals surface area (Å²) in [6.07, 6.45) is 0. The van der Waals surface area contributed by atoms with Gasteiger partial charge in [0.05, 0.1) is 11.2 Å². The van der Waals surface area contributed by atoms with Gasteiger partial charge in [-0.3, -0.25) is 4.79 Å². The van der Waals surface area contributed by atoms with Crippen molar-refractivity contribution in [1.82, 2.24) is 4.98 Å². The van der Waals surface area contributed by atoms with Crippen molar-refractivity contribution in [3.8, 4) is 17.2 Å². The summed E-state index contributed by atoms with van der Waals surface area (Å²) in [6.45, 7) is 0.612. The fourth-order valence-electron chi connectivity index (χ4n) is 2.35. The standard InChI is InChI=1S/C18H14N2O4S/c21-18(20-13-3-6-16-17(7-13)24-11-23-16)12-1-4-15(5-2-12)22-8-14-9-25-10-19-14/h1-7,9-10H,8,11H2,(H,20,21). The first-order valence-corrected chi connectivity index (χ1v) is 8.53. The van der Waals surface area contributed by atoms with Gasteiger partial charge in [0.2, 0.25) is 6.79 Å². The Labute approximate surface area is 148 Å². The number of hydrogen-bond donors (Lipinski definition) is 1. The lowest BCUT2D eigenvalue weighted by atomic mass is 10.2. The van der Waals surface area contributed by atoms with E-state index in [1.54, 1.807) is 48.0 Å². The Kier molecular flexibility index (Phi) is 4.22. The highest BCUT2D eigenvalue weighted by atomic mass is 32.1. The Bertz CT molecular complexity index is 879. The summed E-state index contributed by atoms with van der Waals surface area (Å²) in [5, 5.41) is 4.78. The minimum atomic E-state index is -0.204. The molecule has 0 radical (unpaired) electrons. The molecule has 1 aromatic heterocycles. The molecule has 3 aromatic rings. The van der Waals surface area contributed by atoms with E-state index in [9.17, 15) is 4.79 Å². The van der Waals surface area contributed by atoms with Gasteiger partial charge < -0.3 is 19.5 Å². The Morgan fingerprint density at radius 3 is 2.80 bits per heavy atom. The molecule has 126 valence electrons. The van der Waals surface area contributed by atoms with E-state index in [1.807, 2.05) is 5.38 Å². The largest absolute Gasteiger partial charge is 0.487 e. The smallest absolute Gasteiger partial charge is 0.255 e. The molecule has 25 heavy (non-hydrogen) atoms. The van der Waals surface area contributed by atoms with Crippen LogP contribution in [0.25, 0.3) is 0 Å². The summed E-state index contributed by atoms with van der Waals surface area (Å²) in [7, 11) is 0. The minimum absolute atomic E-state index is 0.203. The van der Waals surface area contributed by atoms with Crippen LogP contribution in [0.2, 0.25) is 0 Å². The zero-order valence-electron chi connectivity index (χ0n) is 13.1. The van der Waals surface area contributed by atoms with Crippen LogP contribution >= 0.6 is 11.3 Å². The van der Waals surface area contributed by atoms with Gasteiger partial charge in [0, 0.05) is 22.7 Å². The molecular weight excluding hydrogens is 340 g/mol.